The van der Waals surface area contributed by atoms with Gasteiger partial charge in [0.15, 0.2) is 0 Å². The lowest BCUT2D eigenvalue weighted by molar-refractivity contribution is -0.113. The van der Waals surface area contributed by atoms with Gasteiger partial charge in [-0.05, 0) is 36.4 Å². The summed E-state index contributed by atoms with van der Waals surface area (Å²) in [6.45, 7) is 4.42. The zero-order valence-electron chi connectivity index (χ0n) is 18.5. The smallest absolute Gasteiger partial charge is 0.277 e. The molecule has 1 aliphatic heterocycles. The number of aryl methyl sites for hydroxylation is 1. The summed E-state index contributed by atoms with van der Waals surface area (Å²) in [5, 5.41) is 10.8. The number of amides is 2. The Morgan fingerprint density at radius 3 is 2.45 bits per heavy atom. The summed E-state index contributed by atoms with van der Waals surface area (Å²) in [6.07, 6.45) is 0. The standard InChI is InChI=1S/C23H25N5O4S/c1-16-25-26-23(32-16)33-15-21(29)24-17-7-9-18(10-8-17)27-11-13-28(14-12-27)22(30)19-5-3-4-6-20(19)31-2/h3-10H,11-15H2,1-2H3,(H,24,29). The molecule has 0 radical (unpaired) electrons. The molecule has 2 heterocycles. The van der Waals surface area contributed by atoms with E-state index in [0.29, 0.717) is 35.5 Å². The Kier molecular flexibility index (Phi) is 7.13. The maximum absolute atomic E-state index is 12.9. The molecule has 172 valence electrons. The van der Waals surface area contributed by atoms with Crippen molar-refractivity contribution in [1.82, 2.24) is 15.1 Å². The monoisotopic (exact) mass is 467 g/mol. The number of carbonyl (C=O) groups excluding carboxylic acids is 2. The van der Waals surface area contributed by atoms with Gasteiger partial charge in [-0.2, -0.15) is 0 Å². The van der Waals surface area contributed by atoms with Crippen molar-refractivity contribution in [3.63, 3.8) is 0 Å². The largest absolute Gasteiger partial charge is 0.496 e. The number of rotatable bonds is 7. The lowest BCUT2D eigenvalue weighted by atomic mass is 10.1. The Hall–Kier alpha value is -3.53. The first-order valence-electron chi connectivity index (χ1n) is 10.5. The van der Waals surface area contributed by atoms with Crippen LogP contribution in [0.2, 0.25) is 0 Å². The van der Waals surface area contributed by atoms with Crippen LogP contribution in [0, 0.1) is 6.92 Å². The Morgan fingerprint density at radius 2 is 1.79 bits per heavy atom. The number of benzene rings is 2. The van der Waals surface area contributed by atoms with Gasteiger partial charge in [0.2, 0.25) is 11.8 Å². The Bertz CT molecular complexity index is 1110. The molecular weight excluding hydrogens is 442 g/mol. The lowest BCUT2D eigenvalue weighted by Gasteiger charge is -2.36. The van der Waals surface area contributed by atoms with Gasteiger partial charge in [0.1, 0.15) is 5.75 Å². The summed E-state index contributed by atoms with van der Waals surface area (Å²) in [5.41, 5.74) is 2.35. The van der Waals surface area contributed by atoms with Crippen molar-refractivity contribution >= 4 is 35.0 Å². The van der Waals surface area contributed by atoms with Gasteiger partial charge in [-0.1, -0.05) is 23.9 Å². The SMILES string of the molecule is COc1ccccc1C(=O)N1CCN(c2ccc(NC(=O)CSc3nnc(C)o3)cc2)CC1. The topological polar surface area (TPSA) is 101 Å². The van der Waals surface area contributed by atoms with Crippen LogP contribution in [0.3, 0.4) is 0 Å². The fourth-order valence-corrected chi connectivity index (χ4v) is 4.18. The van der Waals surface area contributed by atoms with Crippen molar-refractivity contribution in [3.8, 4) is 5.75 Å². The highest BCUT2D eigenvalue weighted by molar-refractivity contribution is 7.99. The van der Waals surface area contributed by atoms with E-state index in [9.17, 15) is 9.59 Å². The van der Waals surface area contributed by atoms with E-state index in [0.717, 1.165) is 24.5 Å². The molecule has 0 saturated carbocycles. The van der Waals surface area contributed by atoms with Gasteiger partial charge in [-0.15, -0.1) is 10.2 Å². The van der Waals surface area contributed by atoms with E-state index in [4.69, 9.17) is 9.15 Å². The van der Waals surface area contributed by atoms with E-state index in [1.165, 1.54) is 11.8 Å². The predicted octanol–water partition coefficient (Wildman–Crippen LogP) is 3.08. The number of ether oxygens (including phenoxy) is 1. The van der Waals surface area contributed by atoms with Crippen molar-refractivity contribution in [2.75, 3.05) is 49.3 Å². The third-order valence-electron chi connectivity index (χ3n) is 5.25. The number of para-hydroxylation sites is 1. The third kappa shape index (κ3) is 5.64. The average Bonchev–Trinajstić information content (AvgIpc) is 3.28. The second-order valence-electron chi connectivity index (χ2n) is 7.45. The van der Waals surface area contributed by atoms with Gasteiger partial charge in [-0.25, -0.2) is 0 Å². The number of carbonyl (C=O) groups is 2. The molecule has 0 aliphatic carbocycles. The number of methoxy groups -OCH3 is 1. The van der Waals surface area contributed by atoms with Crippen LogP contribution < -0.4 is 15.0 Å². The van der Waals surface area contributed by atoms with Crippen LogP contribution in [0.1, 0.15) is 16.2 Å². The van der Waals surface area contributed by atoms with Gasteiger partial charge in [0, 0.05) is 44.5 Å². The molecule has 2 amide bonds. The van der Waals surface area contributed by atoms with Crippen molar-refractivity contribution in [2.24, 2.45) is 0 Å². The minimum atomic E-state index is -0.146. The number of thioether (sulfide) groups is 1. The first kappa shape index (κ1) is 22.7. The highest BCUT2D eigenvalue weighted by Crippen LogP contribution is 2.23. The molecule has 1 N–H and O–H groups in total. The molecule has 10 heteroatoms. The fourth-order valence-electron chi connectivity index (χ4n) is 3.58. The average molecular weight is 468 g/mol. The molecular formula is C23H25N5O4S. The lowest BCUT2D eigenvalue weighted by Crippen LogP contribution is -2.48. The number of nitrogens with one attached hydrogen (secondary N) is 1. The minimum absolute atomic E-state index is 0.0151. The molecule has 9 nitrogen and oxygen atoms in total. The van der Waals surface area contributed by atoms with Crippen LogP contribution >= 0.6 is 11.8 Å². The normalized spacial score (nSPS) is 13.6. The summed E-state index contributed by atoms with van der Waals surface area (Å²) >= 11 is 1.20. The zero-order chi connectivity index (χ0) is 23.2. The van der Waals surface area contributed by atoms with E-state index in [2.05, 4.69) is 20.4 Å². The maximum Gasteiger partial charge on any atom is 0.277 e. The predicted molar refractivity (Wildman–Crippen MR) is 126 cm³/mol. The fraction of sp³-hybridized carbons (Fsp3) is 0.304. The van der Waals surface area contributed by atoms with Crippen LogP contribution in [0.25, 0.3) is 0 Å². The summed E-state index contributed by atoms with van der Waals surface area (Å²) in [6, 6.07) is 15.0. The van der Waals surface area contributed by atoms with Crippen LogP contribution in [-0.4, -0.2) is 66.0 Å². The molecule has 0 unspecified atom stereocenters. The first-order valence-corrected chi connectivity index (χ1v) is 11.5. The number of hydrogen-bond donors (Lipinski definition) is 1. The second-order valence-corrected chi connectivity index (χ2v) is 8.38. The summed E-state index contributed by atoms with van der Waals surface area (Å²) in [5.74, 6) is 1.09. The zero-order valence-corrected chi connectivity index (χ0v) is 19.3. The molecule has 2 aromatic carbocycles. The van der Waals surface area contributed by atoms with E-state index in [1.807, 2.05) is 41.3 Å². The Morgan fingerprint density at radius 1 is 1.06 bits per heavy atom. The number of nitrogens with zero attached hydrogens (tertiary/aromatic N) is 4. The number of anilines is 2. The molecule has 3 aromatic rings. The summed E-state index contributed by atoms with van der Waals surface area (Å²) in [4.78, 5) is 29.1. The number of hydrogen-bond acceptors (Lipinski definition) is 8. The van der Waals surface area contributed by atoms with Gasteiger partial charge in [-0.3, -0.25) is 9.59 Å². The van der Waals surface area contributed by atoms with E-state index in [1.54, 1.807) is 26.2 Å². The third-order valence-corrected chi connectivity index (χ3v) is 6.07. The number of piperazine rings is 1. The van der Waals surface area contributed by atoms with Gasteiger partial charge < -0.3 is 24.3 Å². The molecule has 1 aromatic heterocycles. The molecule has 1 fully saturated rings. The van der Waals surface area contributed by atoms with Crippen LogP contribution in [0.5, 0.6) is 5.75 Å². The Labute approximate surface area is 196 Å². The van der Waals surface area contributed by atoms with Crippen molar-refractivity contribution in [3.05, 3.63) is 60.0 Å². The summed E-state index contributed by atoms with van der Waals surface area (Å²) < 4.78 is 10.6. The molecule has 33 heavy (non-hydrogen) atoms. The molecule has 1 saturated heterocycles. The van der Waals surface area contributed by atoms with Crippen molar-refractivity contribution in [2.45, 2.75) is 12.1 Å². The Balaban J connectivity index is 1.27. The number of aromatic nitrogens is 2. The first-order chi connectivity index (χ1) is 16.0. The quantitative estimate of drug-likeness (QED) is 0.529. The van der Waals surface area contributed by atoms with E-state index >= 15 is 0 Å². The van der Waals surface area contributed by atoms with Crippen LogP contribution in [-0.2, 0) is 4.79 Å². The van der Waals surface area contributed by atoms with E-state index < -0.39 is 0 Å². The van der Waals surface area contributed by atoms with E-state index in [-0.39, 0.29) is 17.6 Å². The maximum atomic E-state index is 12.9. The summed E-state index contributed by atoms with van der Waals surface area (Å²) in [7, 11) is 1.57. The highest BCUT2D eigenvalue weighted by Gasteiger charge is 2.24. The van der Waals surface area contributed by atoms with Gasteiger partial charge >= 0.3 is 0 Å². The van der Waals surface area contributed by atoms with Crippen LogP contribution in [0.15, 0.2) is 58.2 Å². The van der Waals surface area contributed by atoms with Crippen molar-refractivity contribution in [1.29, 1.82) is 0 Å². The van der Waals surface area contributed by atoms with Crippen LogP contribution in [0.4, 0.5) is 11.4 Å². The molecule has 0 bridgehead atoms. The van der Waals surface area contributed by atoms with Crippen molar-refractivity contribution < 1.29 is 18.7 Å². The highest BCUT2D eigenvalue weighted by atomic mass is 32.2. The minimum Gasteiger partial charge on any atom is -0.496 e. The molecule has 1 aliphatic rings. The molecule has 0 spiro atoms. The van der Waals surface area contributed by atoms with Gasteiger partial charge in [0.25, 0.3) is 11.1 Å². The van der Waals surface area contributed by atoms with Gasteiger partial charge in [0.05, 0.1) is 18.4 Å². The molecule has 0 atom stereocenters. The molecule has 4 rings (SSSR count). The second kappa shape index (κ2) is 10.4.